The maximum atomic E-state index is 12.9. The van der Waals surface area contributed by atoms with Crippen LogP contribution in [0, 0.1) is 5.92 Å². The minimum absolute atomic E-state index is 0.0315. The van der Waals surface area contributed by atoms with Crippen molar-refractivity contribution in [2.45, 2.75) is 38.0 Å². The molecular formula is C15H24N2O3S. The Morgan fingerprint density at radius 3 is 2.57 bits per heavy atom. The smallest absolute Gasteiger partial charge is 0.243 e. The number of hydrogen-bond acceptors (Lipinski definition) is 4. The van der Waals surface area contributed by atoms with Crippen LogP contribution in [-0.4, -0.2) is 37.5 Å². The van der Waals surface area contributed by atoms with E-state index in [2.05, 4.69) is 0 Å². The molecule has 1 aliphatic rings. The summed E-state index contributed by atoms with van der Waals surface area (Å²) in [6, 6.07) is 3.61. The maximum absolute atomic E-state index is 12.9. The molecule has 1 fully saturated rings. The number of aryl methyl sites for hydroxylation is 1. The van der Waals surface area contributed by atoms with Crippen LogP contribution in [0.5, 0.6) is 0 Å². The number of sulfonamides is 1. The lowest BCUT2D eigenvalue weighted by Gasteiger charge is -2.20. The van der Waals surface area contributed by atoms with E-state index < -0.39 is 10.0 Å². The van der Waals surface area contributed by atoms with Gasteiger partial charge < -0.3 is 10.8 Å². The molecule has 0 bridgehead atoms. The summed E-state index contributed by atoms with van der Waals surface area (Å²) < 4.78 is 27.2. The molecule has 5 nitrogen and oxygen atoms in total. The molecule has 1 saturated heterocycles. The lowest BCUT2D eigenvalue weighted by atomic mass is 10.1. The highest BCUT2D eigenvalue weighted by Gasteiger charge is 2.33. The van der Waals surface area contributed by atoms with Crippen molar-refractivity contribution in [2.75, 3.05) is 25.4 Å². The van der Waals surface area contributed by atoms with Crippen LogP contribution in [0.15, 0.2) is 17.0 Å². The van der Waals surface area contributed by atoms with Gasteiger partial charge in [0.25, 0.3) is 0 Å². The second kappa shape index (κ2) is 6.34. The van der Waals surface area contributed by atoms with Gasteiger partial charge in [-0.3, -0.25) is 0 Å². The Hall–Kier alpha value is -1.11. The van der Waals surface area contributed by atoms with Crippen LogP contribution < -0.4 is 5.73 Å². The van der Waals surface area contributed by atoms with Gasteiger partial charge in [0.15, 0.2) is 0 Å². The molecule has 0 amide bonds. The lowest BCUT2D eigenvalue weighted by molar-refractivity contribution is 0.233. The van der Waals surface area contributed by atoms with Gasteiger partial charge in [-0.1, -0.05) is 13.8 Å². The fourth-order valence-electron chi connectivity index (χ4n) is 2.84. The van der Waals surface area contributed by atoms with Gasteiger partial charge in [0.1, 0.15) is 0 Å². The normalized spacial score (nSPS) is 20.0. The van der Waals surface area contributed by atoms with Crippen LogP contribution in [0.2, 0.25) is 0 Å². The largest absolute Gasteiger partial charge is 0.398 e. The van der Waals surface area contributed by atoms with Gasteiger partial charge in [0.05, 0.1) is 4.90 Å². The number of nitrogens with zero attached hydrogens (tertiary/aromatic N) is 1. The summed E-state index contributed by atoms with van der Waals surface area (Å²) in [5, 5.41) is 9.21. The van der Waals surface area contributed by atoms with Crippen molar-refractivity contribution in [1.29, 1.82) is 0 Å². The van der Waals surface area contributed by atoms with Crippen LogP contribution in [0.25, 0.3) is 0 Å². The first-order valence-corrected chi connectivity index (χ1v) is 8.90. The molecule has 0 aliphatic carbocycles. The Kier molecular flexibility index (Phi) is 4.91. The summed E-state index contributed by atoms with van der Waals surface area (Å²) in [7, 11) is -3.54. The van der Waals surface area contributed by atoms with E-state index in [0.29, 0.717) is 42.1 Å². The van der Waals surface area contributed by atoms with Crippen molar-refractivity contribution < 1.29 is 13.5 Å². The van der Waals surface area contributed by atoms with E-state index in [4.69, 9.17) is 5.73 Å². The predicted octanol–water partition coefficient (Wildman–Crippen LogP) is 1.40. The third kappa shape index (κ3) is 3.07. The summed E-state index contributed by atoms with van der Waals surface area (Å²) in [5.74, 6) is 0.0385. The zero-order chi connectivity index (χ0) is 15.6. The van der Waals surface area contributed by atoms with Crippen LogP contribution in [0.1, 0.15) is 31.4 Å². The third-order valence-corrected chi connectivity index (χ3v) is 6.12. The molecule has 1 unspecified atom stereocenters. The van der Waals surface area contributed by atoms with Gasteiger partial charge in [0, 0.05) is 25.4 Å². The second-order valence-electron chi connectivity index (χ2n) is 5.57. The van der Waals surface area contributed by atoms with Crippen LogP contribution in [0.4, 0.5) is 5.69 Å². The highest BCUT2D eigenvalue weighted by molar-refractivity contribution is 7.89. The number of hydrogen-bond donors (Lipinski definition) is 2. The SMILES string of the molecule is CCc1cc(N)c(CC)c(S(=O)(=O)N2CCC(CO)C2)c1. The number of rotatable bonds is 5. The van der Waals surface area contributed by atoms with Crippen molar-refractivity contribution in [1.82, 2.24) is 4.31 Å². The topological polar surface area (TPSA) is 83.6 Å². The van der Waals surface area contributed by atoms with Crippen molar-refractivity contribution >= 4 is 15.7 Å². The fourth-order valence-corrected chi connectivity index (χ4v) is 4.75. The number of benzene rings is 1. The van der Waals surface area contributed by atoms with Gasteiger partial charge in [-0.05, 0) is 48.4 Å². The second-order valence-corrected chi connectivity index (χ2v) is 7.48. The van der Waals surface area contributed by atoms with Gasteiger partial charge in [0.2, 0.25) is 10.0 Å². The highest BCUT2D eigenvalue weighted by Crippen LogP contribution is 2.30. The molecule has 0 spiro atoms. The van der Waals surface area contributed by atoms with E-state index in [1.54, 1.807) is 6.07 Å². The van der Waals surface area contributed by atoms with E-state index >= 15 is 0 Å². The van der Waals surface area contributed by atoms with E-state index in [9.17, 15) is 13.5 Å². The summed E-state index contributed by atoms with van der Waals surface area (Å²) in [5.41, 5.74) is 8.21. The molecule has 3 N–H and O–H groups in total. The molecule has 0 aromatic heterocycles. The number of anilines is 1. The Morgan fingerprint density at radius 1 is 1.33 bits per heavy atom. The molecule has 1 heterocycles. The van der Waals surface area contributed by atoms with E-state index in [1.165, 1.54) is 4.31 Å². The first-order valence-electron chi connectivity index (χ1n) is 7.46. The quantitative estimate of drug-likeness (QED) is 0.805. The van der Waals surface area contributed by atoms with Gasteiger partial charge in [-0.25, -0.2) is 8.42 Å². The molecule has 21 heavy (non-hydrogen) atoms. The van der Waals surface area contributed by atoms with Crippen LogP contribution in [0.3, 0.4) is 0 Å². The number of nitrogen functional groups attached to an aromatic ring is 1. The number of aliphatic hydroxyl groups is 1. The molecule has 118 valence electrons. The Balaban J connectivity index is 2.46. The first kappa shape index (κ1) is 16.3. The summed E-state index contributed by atoms with van der Waals surface area (Å²) in [4.78, 5) is 0.334. The highest BCUT2D eigenvalue weighted by atomic mass is 32.2. The molecule has 0 radical (unpaired) electrons. The fraction of sp³-hybridized carbons (Fsp3) is 0.600. The average Bonchev–Trinajstić information content (AvgIpc) is 2.96. The third-order valence-electron chi connectivity index (χ3n) is 4.19. The molecule has 1 aromatic carbocycles. The number of nitrogens with two attached hydrogens (primary N) is 1. The maximum Gasteiger partial charge on any atom is 0.243 e. The minimum Gasteiger partial charge on any atom is -0.398 e. The molecule has 2 rings (SSSR count). The van der Waals surface area contributed by atoms with E-state index in [0.717, 1.165) is 12.0 Å². The van der Waals surface area contributed by atoms with Crippen molar-refractivity contribution in [3.63, 3.8) is 0 Å². The standard InChI is InChI=1S/C15H24N2O3S/c1-3-11-7-14(16)13(4-2)15(8-11)21(19,20)17-6-5-12(9-17)10-18/h7-8,12,18H,3-6,9-10,16H2,1-2H3. The van der Waals surface area contributed by atoms with E-state index in [-0.39, 0.29) is 12.5 Å². The van der Waals surface area contributed by atoms with Crippen LogP contribution in [-0.2, 0) is 22.9 Å². The summed E-state index contributed by atoms with van der Waals surface area (Å²) in [6.45, 7) is 4.78. The van der Waals surface area contributed by atoms with Crippen LogP contribution >= 0.6 is 0 Å². The molecule has 1 aromatic rings. The Bertz CT molecular complexity index is 614. The Labute approximate surface area is 126 Å². The number of aliphatic hydroxyl groups excluding tert-OH is 1. The zero-order valence-corrected chi connectivity index (χ0v) is 13.5. The summed E-state index contributed by atoms with van der Waals surface area (Å²) in [6.07, 6.45) is 2.04. The Morgan fingerprint density at radius 2 is 2.05 bits per heavy atom. The molecular weight excluding hydrogens is 288 g/mol. The molecule has 0 saturated carbocycles. The summed E-state index contributed by atoms with van der Waals surface area (Å²) >= 11 is 0. The molecule has 1 aliphatic heterocycles. The zero-order valence-electron chi connectivity index (χ0n) is 12.7. The van der Waals surface area contributed by atoms with Gasteiger partial charge in [-0.15, -0.1) is 0 Å². The predicted molar refractivity (Wildman–Crippen MR) is 83.6 cm³/mol. The first-order chi connectivity index (χ1) is 9.93. The van der Waals surface area contributed by atoms with Crippen molar-refractivity contribution in [2.24, 2.45) is 5.92 Å². The van der Waals surface area contributed by atoms with Crippen molar-refractivity contribution in [3.8, 4) is 0 Å². The van der Waals surface area contributed by atoms with E-state index in [1.807, 2.05) is 19.9 Å². The molecule has 6 heteroatoms. The minimum atomic E-state index is -3.54. The van der Waals surface area contributed by atoms with Crippen molar-refractivity contribution in [3.05, 3.63) is 23.3 Å². The molecule has 1 atom stereocenters. The van der Waals surface area contributed by atoms with Gasteiger partial charge >= 0.3 is 0 Å². The lowest BCUT2D eigenvalue weighted by Crippen LogP contribution is -2.30. The monoisotopic (exact) mass is 312 g/mol. The van der Waals surface area contributed by atoms with Gasteiger partial charge in [-0.2, -0.15) is 4.31 Å². The average molecular weight is 312 g/mol.